The molecular weight excluding hydrogens is 367 g/mol. The standard InChI is InChI=1S/C13H6Cl2N2O5S/c14-9-2-3-11(17(18)19)13(6-9)23(20,21)22-12-4-1-8(7-16)5-10(12)15/h1-6H. The summed E-state index contributed by atoms with van der Waals surface area (Å²) >= 11 is 11.5. The van der Waals surface area contributed by atoms with Crippen molar-refractivity contribution in [1.29, 1.82) is 5.26 Å². The summed E-state index contributed by atoms with van der Waals surface area (Å²) in [5.74, 6) is -0.264. The third-order valence-corrected chi connectivity index (χ3v) is 4.44. The van der Waals surface area contributed by atoms with E-state index < -0.39 is 25.6 Å². The van der Waals surface area contributed by atoms with Gasteiger partial charge in [0.15, 0.2) is 10.6 Å². The number of nitriles is 1. The van der Waals surface area contributed by atoms with E-state index in [0.29, 0.717) is 0 Å². The Kier molecular flexibility index (Phi) is 4.75. The lowest BCUT2D eigenvalue weighted by molar-refractivity contribution is -0.387. The molecule has 0 amide bonds. The summed E-state index contributed by atoms with van der Waals surface area (Å²) in [5, 5.41) is 19.6. The second-order valence-electron chi connectivity index (χ2n) is 4.16. The molecule has 0 aromatic heterocycles. The summed E-state index contributed by atoms with van der Waals surface area (Å²) in [5.41, 5.74) is -0.479. The first-order valence-corrected chi connectivity index (χ1v) is 7.99. The van der Waals surface area contributed by atoms with Crippen molar-refractivity contribution >= 4 is 39.0 Å². The van der Waals surface area contributed by atoms with Gasteiger partial charge in [-0.2, -0.15) is 13.7 Å². The van der Waals surface area contributed by atoms with Gasteiger partial charge >= 0.3 is 10.1 Å². The van der Waals surface area contributed by atoms with Crippen molar-refractivity contribution in [3.05, 3.63) is 62.1 Å². The molecule has 2 rings (SSSR count). The fourth-order valence-corrected chi connectivity index (χ4v) is 3.28. The molecule has 0 heterocycles. The van der Waals surface area contributed by atoms with Gasteiger partial charge in [0.1, 0.15) is 0 Å². The molecule has 0 fully saturated rings. The van der Waals surface area contributed by atoms with Crippen molar-refractivity contribution in [3.63, 3.8) is 0 Å². The van der Waals surface area contributed by atoms with E-state index >= 15 is 0 Å². The van der Waals surface area contributed by atoms with Gasteiger partial charge in [-0.3, -0.25) is 10.1 Å². The van der Waals surface area contributed by atoms with E-state index in [1.807, 2.05) is 6.07 Å². The normalized spacial score (nSPS) is 10.8. The SMILES string of the molecule is N#Cc1ccc(OS(=O)(=O)c2cc(Cl)ccc2[N+](=O)[O-])c(Cl)c1. The lowest BCUT2D eigenvalue weighted by atomic mass is 10.2. The summed E-state index contributed by atoms with van der Waals surface area (Å²) in [4.78, 5) is 9.40. The van der Waals surface area contributed by atoms with Crippen molar-refractivity contribution in [2.24, 2.45) is 0 Å². The van der Waals surface area contributed by atoms with E-state index in [1.165, 1.54) is 24.3 Å². The van der Waals surface area contributed by atoms with Crippen molar-refractivity contribution in [2.75, 3.05) is 0 Å². The van der Waals surface area contributed by atoms with E-state index in [4.69, 9.17) is 32.6 Å². The smallest absolute Gasteiger partial charge is 0.346 e. The molecule has 0 radical (unpaired) electrons. The quantitative estimate of drug-likeness (QED) is 0.461. The predicted octanol–water partition coefficient (Wildman–Crippen LogP) is 3.54. The van der Waals surface area contributed by atoms with E-state index in [9.17, 15) is 18.5 Å². The average molecular weight is 373 g/mol. The molecule has 0 aliphatic heterocycles. The Morgan fingerprint density at radius 3 is 2.43 bits per heavy atom. The maximum Gasteiger partial charge on any atom is 0.346 e. The van der Waals surface area contributed by atoms with Gasteiger partial charge < -0.3 is 4.18 Å². The van der Waals surface area contributed by atoms with Crippen LogP contribution in [0.2, 0.25) is 10.0 Å². The molecule has 0 atom stereocenters. The number of benzene rings is 2. The lowest BCUT2D eigenvalue weighted by Gasteiger charge is -2.09. The monoisotopic (exact) mass is 372 g/mol. The topological polar surface area (TPSA) is 110 Å². The molecule has 7 nitrogen and oxygen atoms in total. The number of hydrogen-bond donors (Lipinski definition) is 0. The van der Waals surface area contributed by atoms with Gasteiger partial charge in [-0.1, -0.05) is 23.2 Å². The van der Waals surface area contributed by atoms with Crippen LogP contribution in [0.25, 0.3) is 0 Å². The van der Waals surface area contributed by atoms with Crippen molar-refractivity contribution in [2.45, 2.75) is 4.90 Å². The Hall–Kier alpha value is -2.34. The molecule has 0 saturated carbocycles. The van der Waals surface area contributed by atoms with Crippen LogP contribution in [0.1, 0.15) is 5.56 Å². The van der Waals surface area contributed by atoms with Crippen LogP contribution in [0.3, 0.4) is 0 Å². The van der Waals surface area contributed by atoms with Crippen LogP contribution in [0.15, 0.2) is 41.3 Å². The Morgan fingerprint density at radius 1 is 1.17 bits per heavy atom. The second kappa shape index (κ2) is 6.42. The minimum absolute atomic E-state index is 0.0105. The molecule has 0 bridgehead atoms. The third-order valence-electron chi connectivity index (χ3n) is 2.65. The first kappa shape index (κ1) is 17.0. The molecule has 0 aliphatic rings. The lowest BCUT2D eigenvalue weighted by Crippen LogP contribution is -2.12. The molecule has 2 aromatic carbocycles. The minimum Gasteiger partial charge on any atom is -0.377 e. The molecule has 0 spiro atoms. The van der Waals surface area contributed by atoms with Crippen LogP contribution >= 0.6 is 23.2 Å². The van der Waals surface area contributed by atoms with Crippen LogP contribution in [-0.4, -0.2) is 13.3 Å². The Balaban J connectivity index is 2.50. The van der Waals surface area contributed by atoms with Gasteiger partial charge in [-0.15, -0.1) is 0 Å². The summed E-state index contributed by atoms with van der Waals surface area (Å²) in [6.45, 7) is 0. The highest BCUT2D eigenvalue weighted by atomic mass is 35.5. The first-order valence-electron chi connectivity index (χ1n) is 5.82. The maximum absolute atomic E-state index is 12.3. The zero-order chi connectivity index (χ0) is 17.2. The van der Waals surface area contributed by atoms with Crippen molar-refractivity contribution in [1.82, 2.24) is 0 Å². The van der Waals surface area contributed by atoms with Crippen molar-refractivity contribution in [3.8, 4) is 11.8 Å². The molecule has 23 heavy (non-hydrogen) atoms. The first-order chi connectivity index (χ1) is 10.7. The molecule has 118 valence electrons. The number of rotatable bonds is 4. The zero-order valence-corrected chi connectivity index (χ0v) is 13.4. The summed E-state index contributed by atoms with van der Waals surface area (Å²) in [6, 6.07) is 8.56. The highest BCUT2D eigenvalue weighted by Crippen LogP contribution is 2.32. The summed E-state index contributed by atoms with van der Waals surface area (Å²) in [7, 11) is -4.55. The van der Waals surface area contributed by atoms with E-state index in [2.05, 4.69) is 0 Å². The Morgan fingerprint density at radius 2 is 1.87 bits per heavy atom. The number of nitro groups is 1. The number of nitrogens with zero attached hydrogens (tertiary/aromatic N) is 2. The maximum atomic E-state index is 12.3. The van der Waals surface area contributed by atoms with Gasteiger partial charge in [-0.25, -0.2) is 0 Å². The molecule has 10 heteroatoms. The minimum atomic E-state index is -4.55. The van der Waals surface area contributed by atoms with E-state index in [0.717, 1.165) is 12.1 Å². The predicted molar refractivity (Wildman–Crippen MR) is 82.1 cm³/mol. The molecule has 0 saturated heterocycles. The van der Waals surface area contributed by atoms with E-state index in [-0.39, 0.29) is 21.4 Å². The molecule has 0 aliphatic carbocycles. The van der Waals surface area contributed by atoms with Crippen LogP contribution < -0.4 is 4.18 Å². The fourth-order valence-electron chi connectivity index (χ4n) is 1.64. The highest BCUT2D eigenvalue weighted by Gasteiger charge is 2.28. The summed E-state index contributed by atoms with van der Waals surface area (Å²) in [6.07, 6.45) is 0. The van der Waals surface area contributed by atoms with Crippen LogP contribution in [0, 0.1) is 21.4 Å². The zero-order valence-electron chi connectivity index (χ0n) is 11.1. The molecular formula is C13H6Cl2N2O5S. The second-order valence-corrected chi connectivity index (χ2v) is 6.52. The van der Waals surface area contributed by atoms with Gasteiger partial charge in [0.05, 0.1) is 21.6 Å². The van der Waals surface area contributed by atoms with Crippen LogP contribution in [0.4, 0.5) is 5.69 Å². The molecule has 0 unspecified atom stereocenters. The van der Waals surface area contributed by atoms with E-state index in [1.54, 1.807) is 0 Å². The average Bonchev–Trinajstić information content (AvgIpc) is 2.48. The van der Waals surface area contributed by atoms with Gasteiger partial charge in [0.25, 0.3) is 5.69 Å². The highest BCUT2D eigenvalue weighted by molar-refractivity contribution is 7.87. The van der Waals surface area contributed by atoms with Crippen LogP contribution in [0.5, 0.6) is 5.75 Å². The third kappa shape index (κ3) is 3.71. The number of hydrogen-bond acceptors (Lipinski definition) is 6. The molecule has 0 N–H and O–H groups in total. The summed E-state index contributed by atoms with van der Waals surface area (Å²) < 4.78 is 29.4. The van der Waals surface area contributed by atoms with Gasteiger partial charge in [-0.05, 0) is 30.3 Å². The van der Waals surface area contributed by atoms with Crippen molar-refractivity contribution < 1.29 is 17.5 Å². The Bertz CT molecular complexity index is 938. The largest absolute Gasteiger partial charge is 0.377 e. The van der Waals surface area contributed by atoms with Gasteiger partial charge in [0, 0.05) is 11.1 Å². The van der Waals surface area contributed by atoms with Crippen LogP contribution in [-0.2, 0) is 10.1 Å². The number of halogens is 2. The van der Waals surface area contributed by atoms with Gasteiger partial charge in [0.2, 0.25) is 0 Å². The number of nitro benzene ring substituents is 1. The Labute approximate surface area is 140 Å². The fraction of sp³-hybridized carbons (Fsp3) is 0. The molecule has 2 aromatic rings.